The molecule has 3 aromatic rings. The van der Waals surface area contributed by atoms with E-state index in [1.165, 1.54) is 0 Å². The van der Waals surface area contributed by atoms with Crippen LogP contribution in [0.3, 0.4) is 0 Å². The van der Waals surface area contributed by atoms with Crippen molar-refractivity contribution in [2.24, 2.45) is 0 Å². The van der Waals surface area contributed by atoms with Crippen molar-refractivity contribution >= 4 is 22.5 Å². The van der Waals surface area contributed by atoms with E-state index >= 15 is 0 Å². The Labute approximate surface area is 144 Å². The highest BCUT2D eigenvalue weighted by atomic mass is 35.5. The maximum absolute atomic E-state index is 9.73. The van der Waals surface area contributed by atoms with Gasteiger partial charge in [0.05, 0.1) is 29.6 Å². The lowest BCUT2D eigenvalue weighted by molar-refractivity contribution is 0.0915. The van der Waals surface area contributed by atoms with E-state index in [0.717, 1.165) is 53.5 Å². The maximum Gasteiger partial charge on any atom is 0.121 e. The minimum Gasteiger partial charge on any atom is -0.393 e. The zero-order valence-electron chi connectivity index (χ0n) is 13.1. The third-order valence-electron chi connectivity index (χ3n) is 4.51. The highest BCUT2D eigenvalue weighted by Gasteiger charge is 2.22. The predicted molar refractivity (Wildman–Crippen MR) is 91.7 cm³/mol. The number of H-pyrrole nitrogens is 1. The predicted octanol–water partition coefficient (Wildman–Crippen LogP) is 2.06. The number of aliphatic hydroxyl groups is 2. The summed E-state index contributed by atoms with van der Waals surface area (Å²) in [4.78, 5) is 5.69. The number of aromatic nitrogens is 3. The first-order valence-corrected chi connectivity index (χ1v) is 8.36. The van der Waals surface area contributed by atoms with Gasteiger partial charge >= 0.3 is 0 Å². The SMILES string of the molecule is OC[C@H](O)c1cc2n(n1)CCN(Cc1[nH]c3ccccc3c1Cl)C2. The summed E-state index contributed by atoms with van der Waals surface area (Å²) in [5, 5.41) is 25.0. The fourth-order valence-corrected chi connectivity index (χ4v) is 3.50. The molecule has 0 spiro atoms. The van der Waals surface area contributed by atoms with Crippen LogP contribution >= 0.6 is 11.6 Å². The second-order valence-electron chi connectivity index (χ2n) is 6.16. The lowest BCUT2D eigenvalue weighted by atomic mass is 10.2. The molecule has 6 nitrogen and oxygen atoms in total. The molecule has 0 fully saturated rings. The molecule has 4 rings (SSSR count). The molecule has 0 aliphatic carbocycles. The molecule has 0 amide bonds. The second-order valence-corrected chi connectivity index (χ2v) is 6.53. The molecule has 1 aliphatic rings. The maximum atomic E-state index is 9.73. The molecule has 7 heteroatoms. The molecule has 1 aliphatic heterocycles. The van der Waals surface area contributed by atoms with Gasteiger partial charge in [-0.3, -0.25) is 9.58 Å². The van der Waals surface area contributed by atoms with Crippen molar-refractivity contribution < 1.29 is 10.2 Å². The number of nitrogens with zero attached hydrogens (tertiary/aromatic N) is 3. The Morgan fingerprint density at radius 3 is 2.92 bits per heavy atom. The summed E-state index contributed by atoms with van der Waals surface area (Å²) in [7, 11) is 0. The van der Waals surface area contributed by atoms with Gasteiger partial charge in [0, 0.05) is 36.2 Å². The summed E-state index contributed by atoms with van der Waals surface area (Å²) in [6, 6.07) is 9.88. The molecule has 0 saturated heterocycles. The number of nitrogens with one attached hydrogen (secondary N) is 1. The number of aliphatic hydroxyl groups excluding tert-OH is 2. The fraction of sp³-hybridized carbons (Fsp3) is 0.353. The Hall–Kier alpha value is -1.86. The van der Waals surface area contributed by atoms with Gasteiger partial charge in [0.1, 0.15) is 6.10 Å². The van der Waals surface area contributed by atoms with E-state index in [2.05, 4.69) is 15.0 Å². The summed E-state index contributed by atoms with van der Waals surface area (Å²) in [6.07, 6.45) is -0.917. The van der Waals surface area contributed by atoms with Crippen LogP contribution in [-0.4, -0.2) is 43.0 Å². The van der Waals surface area contributed by atoms with E-state index < -0.39 is 6.10 Å². The molecular formula is C17H19ClN4O2. The standard InChI is InChI=1S/C17H19ClN4O2/c18-17-12-3-1-2-4-13(12)19-15(17)9-21-5-6-22-11(8-21)7-14(20-22)16(24)10-23/h1-4,7,16,19,23-24H,5-6,8-10H2/t16-/m0/s1. The van der Waals surface area contributed by atoms with Crippen molar-refractivity contribution in [2.45, 2.75) is 25.7 Å². The third-order valence-corrected chi connectivity index (χ3v) is 4.94. The Morgan fingerprint density at radius 2 is 2.12 bits per heavy atom. The van der Waals surface area contributed by atoms with Gasteiger partial charge in [0.25, 0.3) is 0 Å². The quantitative estimate of drug-likeness (QED) is 0.675. The van der Waals surface area contributed by atoms with E-state index in [0.29, 0.717) is 5.69 Å². The Balaban J connectivity index is 1.54. The number of para-hydroxylation sites is 1. The molecule has 0 radical (unpaired) electrons. The highest BCUT2D eigenvalue weighted by molar-refractivity contribution is 6.36. The molecule has 0 unspecified atom stereocenters. The first-order chi connectivity index (χ1) is 11.7. The van der Waals surface area contributed by atoms with Gasteiger partial charge in [-0.25, -0.2) is 0 Å². The Bertz CT molecular complexity index is 873. The summed E-state index contributed by atoms with van der Waals surface area (Å²) in [6.45, 7) is 2.76. The minimum atomic E-state index is -0.917. The first kappa shape index (κ1) is 15.7. The normalized spacial score (nSPS) is 16.5. The number of hydrogen-bond acceptors (Lipinski definition) is 4. The minimum absolute atomic E-state index is 0.315. The summed E-state index contributed by atoms with van der Waals surface area (Å²) < 4.78 is 1.90. The van der Waals surface area contributed by atoms with E-state index in [9.17, 15) is 5.11 Å². The van der Waals surface area contributed by atoms with Gasteiger partial charge in [0.15, 0.2) is 0 Å². The second kappa shape index (κ2) is 6.22. The van der Waals surface area contributed by atoms with E-state index in [-0.39, 0.29) is 6.61 Å². The number of rotatable bonds is 4. The number of fused-ring (bicyclic) bond motifs is 2. The zero-order chi connectivity index (χ0) is 16.7. The Kier molecular flexibility index (Phi) is 4.05. The van der Waals surface area contributed by atoms with Crippen LogP contribution in [0.1, 0.15) is 23.2 Å². The topological polar surface area (TPSA) is 77.3 Å². The summed E-state index contributed by atoms with van der Waals surface area (Å²) >= 11 is 6.50. The Morgan fingerprint density at radius 1 is 1.29 bits per heavy atom. The molecule has 1 aromatic carbocycles. The third kappa shape index (κ3) is 2.71. The van der Waals surface area contributed by atoms with Crippen molar-refractivity contribution in [3.8, 4) is 0 Å². The van der Waals surface area contributed by atoms with Crippen molar-refractivity contribution in [1.29, 1.82) is 0 Å². The molecule has 0 bridgehead atoms. The molecule has 2 aromatic heterocycles. The van der Waals surface area contributed by atoms with Crippen molar-refractivity contribution in [3.05, 3.63) is 52.4 Å². The lowest BCUT2D eigenvalue weighted by Gasteiger charge is -2.27. The van der Waals surface area contributed by atoms with Crippen LogP contribution in [0.15, 0.2) is 30.3 Å². The average Bonchev–Trinajstić information content (AvgIpc) is 3.16. The molecule has 0 saturated carbocycles. The summed E-state index contributed by atoms with van der Waals surface area (Å²) in [5.41, 5.74) is 3.63. The number of halogens is 1. The van der Waals surface area contributed by atoms with Crippen LogP contribution < -0.4 is 0 Å². The number of aromatic amines is 1. The van der Waals surface area contributed by atoms with Crippen molar-refractivity contribution in [3.63, 3.8) is 0 Å². The monoisotopic (exact) mass is 346 g/mol. The van der Waals surface area contributed by atoms with Gasteiger partial charge in [-0.15, -0.1) is 0 Å². The largest absolute Gasteiger partial charge is 0.393 e. The number of benzene rings is 1. The van der Waals surface area contributed by atoms with E-state index in [4.69, 9.17) is 16.7 Å². The van der Waals surface area contributed by atoms with Gasteiger partial charge in [-0.2, -0.15) is 5.10 Å². The molecule has 3 N–H and O–H groups in total. The van der Waals surface area contributed by atoms with Crippen molar-refractivity contribution in [1.82, 2.24) is 19.7 Å². The molecule has 24 heavy (non-hydrogen) atoms. The summed E-state index contributed by atoms with van der Waals surface area (Å²) in [5.74, 6) is 0. The lowest BCUT2D eigenvalue weighted by Crippen LogP contribution is -2.33. The first-order valence-electron chi connectivity index (χ1n) is 7.98. The van der Waals surface area contributed by atoms with E-state index in [1.54, 1.807) is 0 Å². The molecule has 126 valence electrons. The van der Waals surface area contributed by atoms with E-state index in [1.807, 2.05) is 35.0 Å². The van der Waals surface area contributed by atoms with Crippen LogP contribution in [-0.2, 0) is 19.6 Å². The molecular weight excluding hydrogens is 328 g/mol. The van der Waals surface area contributed by atoms with Gasteiger partial charge in [-0.1, -0.05) is 29.8 Å². The van der Waals surface area contributed by atoms with Crippen LogP contribution in [0, 0.1) is 0 Å². The molecule has 3 heterocycles. The number of hydrogen-bond donors (Lipinski definition) is 3. The zero-order valence-corrected chi connectivity index (χ0v) is 13.9. The van der Waals surface area contributed by atoms with Crippen LogP contribution in [0.5, 0.6) is 0 Å². The van der Waals surface area contributed by atoms with Crippen LogP contribution in [0.25, 0.3) is 10.9 Å². The van der Waals surface area contributed by atoms with Gasteiger partial charge in [0.2, 0.25) is 0 Å². The molecule has 1 atom stereocenters. The smallest absolute Gasteiger partial charge is 0.121 e. The van der Waals surface area contributed by atoms with Crippen LogP contribution in [0.4, 0.5) is 0 Å². The van der Waals surface area contributed by atoms with Crippen molar-refractivity contribution in [2.75, 3.05) is 13.2 Å². The fourth-order valence-electron chi connectivity index (χ4n) is 3.23. The van der Waals surface area contributed by atoms with Gasteiger partial charge < -0.3 is 15.2 Å². The van der Waals surface area contributed by atoms with Crippen LogP contribution in [0.2, 0.25) is 5.02 Å². The highest BCUT2D eigenvalue weighted by Crippen LogP contribution is 2.29. The van der Waals surface area contributed by atoms with Gasteiger partial charge in [-0.05, 0) is 12.1 Å². The average molecular weight is 347 g/mol.